The van der Waals surface area contributed by atoms with Crippen LogP contribution in [0.3, 0.4) is 0 Å². The van der Waals surface area contributed by atoms with Crippen LogP contribution in [0.2, 0.25) is 0 Å². The molecule has 0 aliphatic carbocycles. The zero-order valence-electron chi connectivity index (χ0n) is 14.4. The quantitative estimate of drug-likeness (QED) is 0.706. The topological polar surface area (TPSA) is 60.5 Å². The average molecular weight is 384 g/mol. The van der Waals surface area contributed by atoms with Crippen molar-refractivity contribution in [3.63, 3.8) is 0 Å². The molecule has 0 bridgehead atoms. The Labute approximate surface area is 159 Å². The second-order valence-corrected chi connectivity index (χ2v) is 6.97. The fourth-order valence-corrected chi connectivity index (χ4v) is 3.61. The summed E-state index contributed by atoms with van der Waals surface area (Å²) in [4.78, 5) is 16.6. The SMILES string of the molecule is O=C(Cc1csc(-c2ccc(F)cc2)n1)NCCc1ccc2c(c1)OCO2. The molecule has 0 saturated heterocycles. The van der Waals surface area contributed by atoms with Crippen molar-refractivity contribution in [2.24, 2.45) is 0 Å². The van der Waals surface area contributed by atoms with Gasteiger partial charge in [0.05, 0.1) is 12.1 Å². The van der Waals surface area contributed by atoms with Gasteiger partial charge in [-0.15, -0.1) is 11.3 Å². The van der Waals surface area contributed by atoms with Crippen molar-refractivity contribution in [2.45, 2.75) is 12.8 Å². The predicted octanol–water partition coefficient (Wildman–Crippen LogP) is 3.58. The predicted molar refractivity (Wildman–Crippen MR) is 100 cm³/mol. The van der Waals surface area contributed by atoms with E-state index in [1.165, 1.54) is 23.5 Å². The number of ether oxygens (including phenoxy) is 2. The van der Waals surface area contributed by atoms with E-state index in [-0.39, 0.29) is 24.9 Å². The number of rotatable bonds is 6. The van der Waals surface area contributed by atoms with Gasteiger partial charge < -0.3 is 14.8 Å². The molecule has 27 heavy (non-hydrogen) atoms. The molecule has 3 aromatic rings. The molecule has 2 heterocycles. The van der Waals surface area contributed by atoms with Crippen LogP contribution >= 0.6 is 11.3 Å². The summed E-state index contributed by atoms with van der Waals surface area (Å²) in [6, 6.07) is 12.0. The molecule has 2 aromatic carbocycles. The number of nitrogens with zero attached hydrogens (tertiary/aromatic N) is 1. The van der Waals surface area contributed by atoms with Crippen molar-refractivity contribution in [2.75, 3.05) is 13.3 Å². The Hall–Kier alpha value is -2.93. The van der Waals surface area contributed by atoms with Crippen LogP contribution in [0, 0.1) is 5.82 Å². The molecule has 0 unspecified atom stereocenters. The number of aromatic nitrogens is 1. The minimum atomic E-state index is -0.280. The van der Waals surface area contributed by atoms with E-state index in [9.17, 15) is 9.18 Å². The Bertz CT molecular complexity index is 956. The molecule has 5 nitrogen and oxygen atoms in total. The van der Waals surface area contributed by atoms with Crippen molar-refractivity contribution in [3.8, 4) is 22.1 Å². The molecule has 1 N–H and O–H groups in total. The Morgan fingerprint density at radius 3 is 2.81 bits per heavy atom. The highest BCUT2D eigenvalue weighted by molar-refractivity contribution is 7.13. The molecule has 1 aliphatic heterocycles. The van der Waals surface area contributed by atoms with Crippen molar-refractivity contribution in [1.82, 2.24) is 10.3 Å². The largest absolute Gasteiger partial charge is 0.454 e. The van der Waals surface area contributed by atoms with E-state index in [2.05, 4.69) is 10.3 Å². The molecule has 0 atom stereocenters. The first kappa shape index (κ1) is 17.5. The zero-order chi connectivity index (χ0) is 18.6. The first-order valence-corrected chi connectivity index (χ1v) is 9.41. The third-order valence-corrected chi connectivity index (χ3v) is 5.10. The van der Waals surface area contributed by atoms with Crippen molar-refractivity contribution in [3.05, 3.63) is 64.9 Å². The van der Waals surface area contributed by atoms with Gasteiger partial charge in [-0.3, -0.25) is 4.79 Å². The molecular weight excluding hydrogens is 367 g/mol. The number of nitrogens with one attached hydrogen (secondary N) is 1. The summed E-state index contributed by atoms with van der Waals surface area (Å²) >= 11 is 1.44. The van der Waals surface area contributed by atoms with E-state index >= 15 is 0 Å². The van der Waals surface area contributed by atoms with Crippen LogP contribution in [0.5, 0.6) is 11.5 Å². The summed E-state index contributed by atoms with van der Waals surface area (Å²) in [7, 11) is 0. The summed E-state index contributed by atoms with van der Waals surface area (Å²) in [6.45, 7) is 0.788. The molecule has 0 saturated carbocycles. The average Bonchev–Trinajstić information content (AvgIpc) is 3.31. The second kappa shape index (κ2) is 7.75. The first-order chi connectivity index (χ1) is 13.2. The van der Waals surface area contributed by atoms with Crippen LogP contribution < -0.4 is 14.8 Å². The fourth-order valence-electron chi connectivity index (χ4n) is 2.78. The number of halogens is 1. The summed E-state index contributed by atoms with van der Waals surface area (Å²) in [5.74, 6) is 1.14. The fraction of sp³-hybridized carbons (Fsp3) is 0.200. The van der Waals surface area contributed by atoms with Gasteiger partial charge in [0.1, 0.15) is 10.8 Å². The number of hydrogen-bond donors (Lipinski definition) is 1. The number of benzene rings is 2. The molecule has 138 valence electrons. The van der Waals surface area contributed by atoms with Crippen molar-refractivity contribution >= 4 is 17.2 Å². The normalized spacial score (nSPS) is 12.2. The van der Waals surface area contributed by atoms with E-state index in [0.29, 0.717) is 18.7 Å². The van der Waals surface area contributed by atoms with E-state index in [1.807, 2.05) is 23.6 Å². The standard InChI is InChI=1S/C20H17FN2O3S/c21-15-4-2-14(3-5-15)20-23-16(11-27-20)10-19(24)22-8-7-13-1-6-17-18(9-13)26-12-25-17/h1-6,9,11H,7-8,10,12H2,(H,22,24). The lowest BCUT2D eigenvalue weighted by molar-refractivity contribution is -0.120. The van der Waals surface area contributed by atoms with Crippen LogP contribution in [0.4, 0.5) is 4.39 Å². The van der Waals surface area contributed by atoms with Crippen LogP contribution in [0.25, 0.3) is 10.6 Å². The molecule has 1 aromatic heterocycles. The van der Waals surface area contributed by atoms with Crippen molar-refractivity contribution < 1.29 is 18.7 Å². The Kier molecular flexibility index (Phi) is 5.02. The van der Waals surface area contributed by atoms with Gasteiger partial charge >= 0.3 is 0 Å². The molecule has 0 radical (unpaired) electrons. The highest BCUT2D eigenvalue weighted by Gasteiger charge is 2.13. The smallest absolute Gasteiger partial charge is 0.231 e. The molecule has 0 fully saturated rings. The molecular formula is C20H17FN2O3S. The third-order valence-electron chi connectivity index (χ3n) is 4.16. The van der Waals surface area contributed by atoms with Gasteiger partial charge in [0.2, 0.25) is 12.7 Å². The van der Waals surface area contributed by atoms with Crippen molar-refractivity contribution in [1.29, 1.82) is 0 Å². The monoisotopic (exact) mass is 384 g/mol. The summed E-state index contributed by atoms with van der Waals surface area (Å²) in [5, 5.41) is 5.54. The van der Waals surface area contributed by atoms with Crippen LogP contribution in [-0.4, -0.2) is 24.2 Å². The number of carbonyl (C=O) groups excluding carboxylic acids is 1. The third kappa shape index (κ3) is 4.25. The summed E-state index contributed by atoms with van der Waals surface area (Å²) < 4.78 is 23.6. The number of hydrogen-bond acceptors (Lipinski definition) is 5. The lowest BCUT2D eigenvalue weighted by atomic mass is 10.1. The minimum Gasteiger partial charge on any atom is -0.454 e. The lowest BCUT2D eigenvalue weighted by Gasteiger charge is -2.05. The summed E-state index contributed by atoms with van der Waals surface area (Å²) in [6.07, 6.45) is 0.930. The molecule has 1 amide bonds. The van der Waals surface area contributed by atoms with E-state index in [1.54, 1.807) is 12.1 Å². The highest BCUT2D eigenvalue weighted by atomic mass is 32.1. The molecule has 0 spiro atoms. The second-order valence-electron chi connectivity index (χ2n) is 6.12. The highest BCUT2D eigenvalue weighted by Crippen LogP contribution is 2.32. The Morgan fingerprint density at radius 2 is 1.96 bits per heavy atom. The maximum Gasteiger partial charge on any atom is 0.231 e. The van der Waals surface area contributed by atoms with Gasteiger partial charge in [0, 0.05) is 17.5 Å². The van der Waals surface area contributed by atoms with Crippen LogP contribution in [-0.2, 0) is 17.6 Å². The van der Waals surface area contributed by atoms with Crippen LogP contribution in [0.15, 0.2) is 47.8 Å². The Morgan fingerprint density at radius 1 is 1.15 bits per heavy atom. The van der Waals surface area contributed by atoms with Gasteiger partial charge in [0.25, 0.3) is 0 Å². The van der Waals surface area contributed by atoms with Gasteiger partial charge in [-0.25, -0.2) is 9.37 Å². The molecule has 7 heteroatoms. The maximum absolute atomic E-state index is 13.0. The molecule has 1 aliphatic rings. The first-order valence-electron chi connectivity index (χ1n) is 8.53. The number of thiazole rings is 1. The maximum atomic E-state index is 13.0. The van der Waals surface area contributed by atoms with Gasteiger partial charge in [-0.2, -0.15) is 0 Å². The number of fused-ring (bicyclic) bond motifs is 1. The van der Waals surface area contributed by atoms with Gasteiger partial charge in [0.15, 0.2) is 11.5 Å². The van der Waals surface area contributed by atoms with Crippen LogP contribution in [0.1, 0.15) is 11.3 Å². The summed E-state index contributed by atoms with van der Waals surface area (Å²) in [5.41, 5.74) is 2.63. The van der Waals surface area contributed by atoms with Gasteiger partial charge in [-0.1, -0.05) is 6.07 Å². The minimum absolute atomic E-state index is 0.0771. The van der Waals surface area contributed by atoms with E-state index < -0.39 is 0 Å². The zero-order valence-corrected chi connectivity index (χ0v) is 15.2. The molecule has 4 rings (SSSR count). The lowest BCUT2D eigenvalue weighted by Crippen LogP contribution is -2.27. The number of carbonyl (C=O) groups is 1. The van der Waals surface area contributed by atoms with E-state index in [0.717, 1.165) is 27.6 Å². The Balaban J connectivity index is 1.28. The number of amides is 1. The van der Waals surface area contributed by atoms with E-state index in [4.69, 9.17) is 9.47 Å². The van der Waals surface area contributed by atoms with Gasteiger partial charge in [-0.05, 0) is 48.4 Å².